The molecule has 3 aliphatic rings. The topological polar surface area (TPSA) is 131 Å². The molecule has 0 aliphatic carbocycles. The van der Waals surface area contributed by atoms with E-state index in [9.17, 15) is 14.4 Å². The Morgan fingerprint density at radius 3 is 2.56 bits per heavy atom. The van der Waals surface area contributed by atoms with Gasteiger partial charge in [0, 0.05) is 57.6 Å². The summed E-state index contributed by atoms with van der Waals surface area (Å²) < 4.78 is 10.8. The molecule has 1 aromatic rings. The van der Waals surface area contributed by atoms with Crippen molar-refractivity contribution in [2.24, 2.45) is 17.4 Å². The van der Waals surface area contributed by atoms with Crippen LogP contribution in [0.15, 0.2) is 18.2 Å². The summed E-state index contributed by atoms with van der Waals surface area (Å²) in [5.74, 6) is -1.34. The van der Waals surface area contributed by atoms with Crippen molar-refractivity contribution in [3.05, 3.63) is 29.3 Å². The van der Waals surface area contributed by atoms with Gasteiger partial charge in [-0.1, -0.05) is 13.8 Å². The second-order valence-electron chi connectivity index (χ2n) is 10.5. The number of methoxy groups -OCH3 is 1. The number of piperazine rings is 1. The lowest BCUT2D eigenvalue weighted by Gasteiger charge is -2.36. The zero-order valence-electron chi connectivity index (χ0n) is 21.5. The van der Waals surface area contributed by atoms with Gasteiger partial charge in [0.25, 0.3) is 0 Å². The van der Waals surface area contributed by atoms with E-state index in [1.165, 1.54) is 0 Å². The van der Waals surface area contributed by atoms with Gasteiger partial charge in [0.1, 0.15) is 18.8 Å². The van der Waals surface area contributed by atoms with Gasteiger partial charge >= 0.3 is 0 Å². The summed E-state index contributed by atoms with van der Waals surface area (Å²) in [5.41, 5.74) is 13.9. The van der Waals surface area contributed by atoms with Gasteiger partial charge in [-0.05, 0) is 36.1 Å². The molecule has 36 heavy (non-hydrogen) atoms. The third kappa shape index (κ3) is 5.41. The number of carbonyl (C=O) groups excluding carboxylic acids is 3. The number of anilines is 1. The van der Waals surface area contributed by atoms with Crippen molar-refractivity contribution in [2.75, 3.05) is 64.5 Å². The molecule has 3 heterocycles. The molecule has 10 heteroatoms. The molecule has 3 fully saturated rings. The molecule has 4 rings (SSSR count). The Kier molecular flexibility index (Phi) is 8.29. The van der Waals surface area contributed by atoms with E-state index in [-0.39, 0.29) is 30.8 Å². The second kappa shape index (κ2) is 11.2. The quantitative estimate of drug-likeness (QED) is 0.490. The Balaban J connectivity index is 1.63. The number of hydrogen-bond donors (Lipinski definition) is 2. The van der Waals surface area contributed by atoms with Gasteiger partial charge in [-0.25, -0.2) is 0 Å². The number of Topliss-reactive ketones (excluding diaryl/α,β-unsaturated/α-hetero) is 1. The predicted octanol–water partition coefficient (Wildman–Crippen LogP) is 0.190. The molecule has 1 aromatic carbocycles. The highest BCUT2D eigenvalue weighted by Crippen LogP contribution is 2.36. The summed E-state index contributed by atoms with van der Waals surface area (Å²) in [6, 6.07) is 4.49. The Hall–Kier alpha value is -2.53. The Labute approximate surface area is 212 Å². The van der Waals surface area contributed by atoms with Crippen molar-refractivity contribution < 1.29 is 23.9 Å². The monoisotopic (exact) mass is 501 g/mol. The molecule has 0 radical (unpaired) electrons. The van der Waals surface area contributed by atoms with E-state index in [0.717, 1.165) is 38.4 Å². The minimum atomic E-state index is -0.664. The van der Waals surface area contributed by atoms with Gasteiger partial charge in [-0.2, -0.15) is 0 Å². The van der Waals surface area contributed by atoms with E-state index in [2.05, 4.69) is 9.80 Å². The largest absolute Gasteiger partial charge is 0.383 e. The molecule has 10 nitrogen and oxygen atoms in total. The van der Waals surface area contributed by atoms with E-state index in [1.807, 2.05) is 26.0 Å². The average molecular weight is 502 g/mol. The third-order valence-electron chi connectivity index (χ3n) is 7.54. The Bertz CT molecular complexity index is 977. The number of hydrogen-bond acceptors (Lipinski definition) is 8. The zero-order valence-corrected chi connectivity index (χ0v) is 21.5. The van der Waals surface area contributed by atoms with Crippen LogP contribution in [0.4, 0.5) is 5.69 Å². The number of ketones is 1. The second-order valence-corrected chi connectivity index (χ2v) is 10.5. The molecule has 0 saturated carbocycles. The van der Waals surface area contributed by atoms with Gasteiger partial charge in [-0.3, -0.25) is 19.3 Å². The van der Waals surface area contributed by atoms with Crippen molar-refractivity contribution >= 4 is 23.3 Å². The number of carbonyl (C=O) groups is 3. The number of ether oxygens (including phenoxy) is 2. The minimum absolute atomic E-state index is 0.0277. The molecule has 0 unspecified atom stereocenters. The highest BCUT2D eigenvalue weighted by Gasteiger charge is 2.52. The maximum atomic E-state index is 14.0. The molecule has 0 aromatic heterocycles. The summed E-state index contributed by atoms with van der Waals surface area (Å²) in [5, 5.41) is 0. The highest BCUT2D eigenvalue weighted by atomic mass is 16.5. The molecule has 2 amide bonds. The number of likely N-dealkylation sites (tertiary alicyclic amines) is 1. The zero-order chi connectivity index (χ0) is 26.0. The fourth-order valence-corrected chi connectivity index (χ4v) is 5.66. The molecule has 3 saturated heterocycles. The molecule has 3 aliphatic heterocycles. The fourth-order valence-electron chi connectivity index (χ4n) is 5.66. The standard InChI is InChI=1S/C26H39N5O5/c1-16(2)12-20(26(34)31-14-21(27)24-23(31)22(32)15-36-24)19-13-17(4-5-18(19)25(28)33)30-8-6-29(7-9-30)10-11-35-3/h4-5,13,16,20-21,23-24H,6-12,14-15,27H2,1-3H3,(H2,28,33)/t20-,21-,23+,24+/m0/s1. The number of fused-ring (bicyclic) bond motifs is 1. The Morgan fingerprint density at radius 2 is 1.92 bits per heavy atom. The normalized spacial score (nSPS) is 25.5. The molecule has 0 spiro atoms. The molecular formula is C26H39N5O5. The van der Waals surface area contributed by atoms with Crippen molar-refractivity contribution in [1.29, 1.82) is 0 Å². The average Bonchev–Trinajstić information content (AvgIpc) is 3.40. The van der Waals surface area contributed by atoms with Crippen LogP contribution in [0, 0.1) is 5.92 Å². The van der Waals surface area contributed by atoms with E-state index in [1.54, 1.807) is 18.1 Å². The molecular weight excluding hydrogens is 462 g/mol. The summed E-state index contributed by atoms with van der Waals surface area (Å²) in [6.45, 7) is 9.37. The first-order valence-corrected chi connectivity index (χ1v) is 12.8. The van der Waals surface area contributed by atoms with E-state index in [4.69, 9.17) is 20.9 Å². The van der Waals surface area contributed by atoms with E-state index < -0.39 is 30.0 Å². The van der Waals surface area contributed by atoms with E-state index in [0.29, 0.717) is 24.2 Å². The SMILES string of the molecule is COCCN1CCN(c2ccc(C(N)=O)c([C@H](CC(C)C)C(=O)N3C[C@H](N)[C@H]4OCC(=O)[C@H]43)c2)CC1. The van der Waals surface area contributed by atoms with Crippen molar-refractivity contribution in [1.82, 2.24) is 9.80 Å². The van der Waals surface area contributed by atoms with Gasteiger partial charge in [0.15, 0.2) is 5.78 Å². The minimum Gasteiger partial charge on any atom is -0.383 e. The van der Waals surface area contributed by atoms with Crippen molar-refractivity contribution in [3.8, 4) is 0 Å². The molecule has 4 atom stereocenters. The number of nitrogens with zero attached hydrogens (tertiary/aromatic N) is 3. The van der Waals surface area contributed by atoms with Crippen LogP contribution in [0.25, 0.3) is 0 Å². The van der Waals surface area contributed by atoms with Crippen LogP contribution in [0.1, 0.15) is 42.1 Å². The van der Waals surface area contributed by atoms with Crippen LogP contribution in [0.3, 0.4) is 0 Å². The number of benzene rings is 1. The van der Waals surface area contributed by atoms with Crippen LogP contribution >= 0.6 is 0 Å². The number of primary amides is 1. The predicted molar refractivity (Wildman–Crippen MR) is 136 cm³/mol. The first kappa shape index (κ1) is 26.5. The van der Waals surface area contributed by atoms with Crippen LogP contribution in [-0.4, -0.2) is 105 Å². The molecule has 198 valence electrons. The first-order chi connectivity index (χ1) is 17.2. The lowest BCUT2D eigenvalue weighted by molar-refractivity contribution is -0.138. The highest BCUT2D eigenvalue weighted by molar-refractivity contribution is 5.99. The summed E-state index contributed by atoms with van der Waals surface area (Å²) in [7, 11) is 1.71. The number of rotatable bonds is 9. The lowest BCUT2D eigenvalue weighted by atomic mass is 9.85. The van der Waals surface area contributed by atoms with Crippen LogP contribution in [0.2, 0.25) is 0 Å². The Morgan fingerprint density at radius 1 is 1.19 bits per heavy atom. The van der Waals surface area contributed by atoms with Gasteiger partial charge in [0.2, 0.25) is 11.8 Å². The van der Waals surface area contributed by atoms with E-state index >= 15 is 0 Å². The number of nitrogens with two attached hydrogens (primary N) is 2. The molecule has 4 N–H and O–H groups in total. The maximum absolute atomic E-state index is 14.0. The summed E-state index contributed by atoms with van der Waals surface area (Å²) in [4.78, 5) is 45.2. The lowest BCUT2D eigenvalue weighted by Crippen LogP contribution is -2.47. The smallest absolute Gasteiger partial charge is 0.249 e. The first-order valence-electron chi connectivity index (χ1n) is 12.8. The third-order valence-corrected chi connectivity index (χ3v) is 7.54. The van der Waals surface area contributed by atoms with Crippen molar-refractivity contribution in [2.45, 2.75) is 44.4 Å². The summed E-state index contributed by atoms with van der Waals surface area (Å²) >= 11 is 0. The van der Waals surface area contributed by atoms with Crippen molar-refractivity contribution in [3.63, 3.8) is 0 Å². The van der Waals surface area contributed by atoms with Crippen LogP contribution < -0.4 is 16.4 Å². The van der Waals surface area contributed by atoms with Crippen LogP contribution in [-0.2, 0) is 19.1 Å². The number of amides is 2. The fraction of sp³-hybridized carbons (Fsp3) is 0.654. The van der Waals surface area contributed by atoms with Gasteiger partial charge < -0.3 is 30.7 Å². The van der Waals surface area contributed by atoms with Gasteiger partial charge in [0.05, 0.1) is 18.6 Å². The molecule has 0 bridgehead atoms. The van der Waals surface area contributed by atoms with Crippen LogP contribution in [0.5, 0.6) is 0 Å². The summed E-state index contributed by atoms with van der Waals surface area (Å²) in [6.07, 6.45) is 0.0448. The maximum Gasteiger partial charge on any atom is 0.249 e. The van der Waals surface area contributed by atoms with Gasteiger partial charge in [-0.15, -0.1) is 0 Å².